The highest BCUT2D eigenvalue weighted by atomic mass is 16.6. The van der Waals surface area contributed by atoms with E-state index in [1.807, 2.05) is 30.6 Å². The Hall–Kier alpha value is -1.79. The van der Waals surface area contributed by atoms with E-state index in [1.54, 1.807) is 11.8 Å². The third-order valence-corrected chi connectivity index (χ3v) is 4.89. The average molecular weight is 353 g/mol. The fourth-order valence-corrected chi connectivity index (χ4v) is 3.39. The van der Waals surface area contributed by atoms with E-state index in [2.05, 4.69) is 0 Å². The van der Waals surface area contributed by atoms with Crippen LogP contribution in [0.25, 0.3) is 0 Å². The molecule has 0 aromatic carbocycles. The number of hydrogen-bond donors (Lipinski definition) is 0. The quantitative estimate of drug-likeness (QED) is 0.756. The van der Waals surface area contributed by atoms with Gasteiger partial charge in [-0.15, -0.1) is 0 Å². The van der Waals surface area contributed by atoms with Crippen LogP contribution < -0.4 is 0 Å². The van der Waals surface area contributed by atoms with Crippen LogP contribution in [0.4, 0.5) is 4.79 Å². The van der Waals surface area contributed by atoms with Crippen LogP contribution in [0.15, 0.2) is 0 Å². The molecule has 0 spiro atoms. The molecule has 25 heavy (non-hydrogen) atoms. The summed E-state index contributed by atoms with van der Waals surface area (Å²) < 4.78 is 5.00. The first kappa shape index (κ1) is 19.5. The van der Waals surface area contributed by atoms with E-state index in [0.29, 0.717) is 45.9 Å². The number of hydrogen-bond acceptors (Lipinski definition) is 4. The predicted molar refractivity (Wildman–Crippen MR) is 93.9 cm³/mol. The minimum absolute atomic E-state index is 0.0156. The van der Waals surface area contributed by atoms with Crippen LogP contribution in [-0.4, -0.2) is 78.5 Å². The summed E-state index contributed by atoms with van der Waals surface area (Å²) in [5.41, 5.74) is -0.375. The van der Waals surface area contributed by atoms with Crippen molar-refractivity contribution in [3.63, 3.8) is 0 Å². The third-order valence-electron chi connectivity index (χ3n) is 4.89. The van der Waals surface area contributed by atoms with Gasteiger partial charge in [0.2, 0.25) is 11.8 Å². The molecule has 2 fully saturated rings. The zero-order chi connectivity index (χ0) is 18.6. The average Bonchev–Trinajstić information content (AvgIpc) is 2.60. The molecule has 2 aliphatic rings. The summed E-state index contributed by atoms with van der Waals surface area (Å²) in [7, 11) is 0. The lowest BCUT2D eigenvalue weighted by molar-refractivity contribution is -0.145. The van der Waals surface area contributed by atoms with E-state index in [-0.39, 0.29) is 29.2 Å². The number of likely N-dealkylation sites (tertiary alicyclic amines) is 1. The van der Waals surface area contributed by atoms with Gasteiger partial charge < -0.3 is 19.4 Å². The van der Waals surface area contributed by atoms with E-state index in [9.17, 15) is 14.4 Å². The molecule has 2 rings (SSSR count). The molecule has 7 heteroatoms. The maximum atomic E-state index is 12.7. The SMILES string of the molecule is CCOC(=O)N1CCN(C(=O)C2CCN(C(=O)C(C)(C)C)CC2)CC1. The van der Waals surface area contributed by atoms with Crippen molar-refractivity contribution in [1.29, 1.82) is 0 Å². The molecule has 0 radical (unpaired) electrons. The van der Waals surface area contributed by atoms with Crippen LogP contribution in [0.3, 0.4) is 0 Å². The number of ether oxygens (including phenoxy) is 1. The van der Waals surface area contributed by atoms with Gasteiger partial charge in [0.25, 0.3) is 0 Å². The van der Waals surface area contributed by atoms with Crippen molar-refractivity contribution >= 4 is 17.9 Å². The normalized spacial score (nSPS) is 19.8. The lowest BCUT2D eigenvalue weighted by Crippen LogP contribution is -2.53. The van der Waals surface area contributed by atoms with Gasteiger partial charge >= 0.3 is 6.09 Å². The molecule has 3 amide bonds. The number of amides is 3. The zero-order valence-electron chi connectivity index (χ0n) is 15.9. The fraction of sp³-hybridized carbons (Fsp3) is 0.833. The van der Waals surface area contributed by atoms with Crippen LogP contribution in [0, 0.1) is 11.3 Å². The lowest BCUT2D eigenvalue weighted by Gasteiger charge is -2.39. The number of carbonyl (C=O) groups excluding carboxylic acids is 3. The first-order valence-corrected chi connectivity index (χ1v) is 9.24. The number of piperidine rings is 1. The molecule has 0 aromatic heterocycles. The molecule has 0 saturated carbocycles. The van der Waals surface area contributed by atoms with Gasteiger partial charge in [-0.2, -0.15) is 0 Å². The van der Waals surface area contributed by atoms with E-state index >= 15 is 0 Å². The summed E-state index contributed by atoms with van der Waals surface area (Å²) in [4.78, 5) is 42.1. The highest BCUT2D eigenvalue weighted by Crippen LogP contribution is 2.25. The van der Waals surface area contributed by atoms with E-state index in [4.69, 9.17) is 4.74 Å². The maximum absolute atomic E-state index is 12.7. The van der Waals surface area contributed by atoms with Crippen molar-refractivity contribution in [2.45, 2.75) is 40.5 Å². The first-order valence-electron chi connectivity index (χ1n) is 9.24. The Morgan fingerprint density at radius 1 is 0.880 bits per heavy atom. The van der Waals surface area contributed by atoms with Gasteiger partial charge in [-0.3, -0.25) is 9.59 Å². The van der Waals surface area contributed by atoms with Crippen LogP contribution in [-0.2, 0) is 14.3 Å². The zero-order valence-corrected chi connectivity index (χ0v) is 15.9. The molecule has 2 saturated heterocycles. The molecular weight excluding hydrogens is 322 g/mol. The van der Waals surface area contributed by atoms with Crippen molar-refractivity contribution in [3.05, 3.63) is 0 Å². The Bertz CT molecular complexity index is 499. The standard InChI is InChI=1S/C18H31N3O4/c1-5-25-17(24)21-12-10-19(11-13-21)15(22)14-6-8-20(9-7-14)16(23)18(2,3)4/h14H,5-13H2,1-4H3. The van der Waals surface area contributed by atoms with Crippen LogP contribution >= 0.6 is 0 Å². The highest BCUT2D eigenvalue weighted by molar-refractivity contribution is 5.83. The number of carbonyl (C=O) groups is 3. The van der Waals surface area contributed by atoms with Crippen molar-refractivity contribution in [2.75, 3.05) is 45.9 Å². The summed E-state index contributed by atoms with van der Waals surface area (Å²) in [5, 5.41) is 0. The molecule has 0 bridgehead atoms. The molecule has 0 atom stereocenters. The summed E-state index contributed by atoms with van der Waals surface area (Å²) in [6.45, 7) is 11.4. The molecule has 0 aliphatic carbocycles. The van der Waals surface area contributed by atoms with Crippen molar-refractivity contribution < 1.29 is 19.1 Å². The number of rotatable bonds is 2. The topological polar surface area (TPSA) is 70.2 Å². The minimum atomic E-state index is -0.375. The Labute approximate surface area is 150 Å². The largest absolute Gasteiger partial charge is 0.450 e. The Morgan fingerprint density at radius 2 is 1.40 bits per heavy atom. The summed E-state index contributed by atoms with van der Waals surface area (Å²) in [6.07, 6.45) is 1.14. The van der Waals surface area contributed by atoms with Crippen LogP contribution in [0.1, 0.15) is 40.5 Å². The third kappa shape index (κ3) is 4.86. The minimum Gasteiger partial charge on any atom is -0.450 e. The molecule has 2 heterocycles. The van der Waals surface area contributed by atoms with Gasteiger partial charge in [0.05, 0.1) is 6.61 Å². The van der Waals surface area contributed by atoms with Gasteiger partial charge in [0, 0.05) is 50.6 Å². The van der Waals surface area contributed by atoms with Gasteiger partial charge in [-0.1, -0.05) is 20.8 Å². The fourth-order valence-electron chi connectivity index (χ4n) is 3.39. The van der Waals surface area contributed by atoms with E-state index in [0.717, 1.165) is 12.8 Å². The maximum Gasteiger partial charge on any atom is 0.409 e. The molecule has 7 nitrogen and oxygen atoms in total. The number of nitrogens with zero attached hydrogens (tertiary/aromatic N) is 3. The van der Waals surface area contributed by atoms with E-state index in [1.165, 1.54) is 0 Å². The Morgan fingerprint density at radius 3 is 1.88 bits per heavy atom. The second-order valence-electron chi connectivity index (χ2n) is 7.83. The smallest absolute Gasteiger partial charge is 0.409 e. The molecule has 0 aromatic rings. The highest BCUT2D eigenvalue weighted by Gasteiger charge is 2.35. The monoisotopic (exact) mass is 353 g/mol. The Kier molecular flexibility index (Phi) is 6.30. The predicted octanol–water partition coefficient (Wildman–Crippen LogP) is 1.57. The van der Waals surface area contributed by atoms with Crippen molar-refractivity contribution in [2.24, 2.45) is 11.3 Å². The van der Waals surface area contributed by atoms with Gasteiger partial charge in [-0.25, -0.2) is 4.79 Å². The molecule has 142 valence electrons. The van der Waals surface area contributed by atoms with Crippen LogP contribution in [0.2, 0.25) is 0 Å². The van der Waals surface area contributed by atoms with E-state index < -0.39 is 0 Å². The second-order valence-corrected chi connectivity index (χ2v) is 7.83. The van der Waals surface area contributed by atoms with Crippen molar-refractivity contribution in [3.8, 4) is 0 Å². The molecule has 2 aliphatic heterocycles. The lowest BCUT2D eigenvalue weighted by atomic mass is 9.90. The molecule has 0 unspecified atom stereocenters. The summed E-state index contributed by atoms with van der Waals surface area (Å²) >= 11 is 0. The first-order chi connectivity index (χ1) is 11.7. The summed E-state index contributed by atoms with van der Waals surface area (Å²) in [5.74, 6) is 0.297. The molecule has 0 N–H and O–H groups in total. The number of piperazine rings is 1. The van der Waals surface area contributed by atoms with Crippen LogP contribution in [0.5, 0.6) is 0 Å². The van der Waals surface area contributed by atoms with Gasteiger partial charge in [-0.05, 0) is 19.8 Å². The van der Waals surface area contributed by atoms with Gasteiger partial charge in [0.1, 0.15) is 0 Å². The van der Waals surface area contributed by atoms with Crippen molar-refractivity contribution in [1.82, 2.24) is 14.7 Å². The molecular formula is C18H31N3O4. The Balaban J connectivity index is 1.80. The second kappa shape index (κ2) is 8.06. The van der Waals surface area contributed by atoms with Gasteiger partial charge in [0.15, 0.2) is 0 Å². The summed E-state index contributed by atoms with van der Waals surface area (Å²) in [6, 6.07) is 0.